The number of aromatic nitrogens is 2. The van der Waals surface area contributed by atoms with E-state index in [0.29, 0.717) is 18.8 Å². The summed E-state index contributed by atoms with van der Waals surface area (Å²) in [7, 11) is 1.40. The van der Waals surface area contributed by atoms with Gasteiger partial charge < -0.3 is 25.8 Å². The molecule has 3 aromatic rings. The number of halogens is 2. The summed E-state index contributed by atoms with van der Waals surface area (Å²) in [5.41, 5.74) is 8.16. The van der Waals surface area contributed by atoms with Crippen LogP contribution in [0.2, 0.25) is 0 Å². The second-order valence-corrected chi connectivity index (χ2v) is 8.23. The number of ether oxygens (including phenoxy) is 1. The predicted molar refractivity (Wildman–Crippen MR) is 123 cm³/mol. The standard InChI is InChI=1S/C24H27F2N5O2/c1-14-12-31(13-18(27)24(14)32)20-8-9-28-11-19(20)29-10-15-6-7-17(26)23(30-15)22-16(25)4-3-5-21(22)33-2/h3-9,11,14,18,24,29,32H,10,12-13,27H2,1-2H3/t14-,18+,24+/m0/s1. The molecular weight excluding hydrogens is 428 g/mol. The van der Waals surface area contributed by atoms with Crippen LogP contribution >= 0.6 is 0 Å². The number of nitrogens with zero attached hydrogens (tertiary/aromatic N) is 3. The molecular formula is C24H27F2N5O2. The molecule has 1 aromatic carbocycles. The number of nitrogens with one attached hydrogen (secondary N) is 1. The number of nitrogens with two attached hydrogens (primary N) is 1. The van der Waals surface area contributed by atoms with Crippen LogP contribution in [-0.2, 0) is 6.54 Å². The van der Waals surface area contributed by atoms with Gasteiger partial charge in [0.05, 0.1) is 48.6 Å². The SMILES string of the molecule is COc1cccc(F)c1-c1nc(CNc2cnccc2N2C[C@@H](N)[C@H](O)[C@@H](C)C2)ccc1F. The fourth-order valence-electron chi connectivity index (χ4n) is 4.16. The lowest BCUT2D eigenvalue weighted by Crippen LogP contribution is -2.55. The molecule has 0 radical (unpaired) electrons. The number of aliphatic hydroxyl groups excluding tert-OH is 1. The Kier molecular flexibility index (Phi) is 6.71. The number of pyridine rings is 2. The van der Waals surface area contributed by atoms with Crippen LogP contribution in [0.4, 0.5) is 20.2 Å². The average molecular weight is 456 g/mol. The molecule has 9 heteroatoms. The highest BCUT2D eigenvalue weighted by Gasteiger charge is 2.31. The van der Waals surface area contributed by atoms with Gasteiger partial charge >= 0.3 is 0 Å². The van der Waals surface area contributed by atoms with Gasteiger partial charge in [0.15, 0.2) is 0 Å². The average Bonchev–Trinajstić information content (AvgIpc) is 2.82. The van der Waals surface area contributed by atoms with E-state index >= 15 is 0 Å². The summed E-state index contributed by atoms with van der Waals surface area (Å²) in [4.78, 5) is 10.7. The summed E-state index contributed by atoms with van der Waals surface area (Å²) in [6.45, 7) is 3.39. The van der Waals surface area contributed by atoms with Crippen LogP contribution in [0.1, 0.15) is 12.6 Å². The first-order valence-electron chi connectivity index (χ1n) is 10.7. The molecule has 4 N–H and O–H groups in total. The Hall–Kier alpha value is -3.30. The maximum Gasteiger partial charge on any atom is 0.149 e. The lowest BCUT2D eigenvalue weighted by Gasteiger charge is -2.40. The van der Waals surface area contributed by atoms with Gasteiger partial charge in [0, 0.05) is 31.2 Å². The van der Waals surface area contributed by atoms with Crippen LogP contribution in [-0.4, -0.2) is 47.4 Å². The number of hydrogen-bond donors (Lipinski definition) is 3. The number of aliphatic hydroxyl groups is 1. The fraction of sp³-hybridized carbons (Fsp3) is 0.333. The van der Waals surface area contributed by atoms with Gasteiger partial charge in [-0.25, -0.2) is 13.8 Å². The van der Waals surface area contributed by atoms with Crippen LogP contribution < -0.4 is 20.7 Å². The van der Waals surface area contributed by atoms with Gasteiger partial charge in [-0.2, -0.15) is 0 Å². The number of anilines is 2. The highest BCUT2D eigenvalue weighted by Crippen LogP contribution is 2.33. The van der Waals surface area contributed by atoms with Gasteiger partial charge in [0.2, 0.25) is 0 Å². The number of rotatable bonds is 6. The molecule has 3 heterocycles. The van der Waals surface area contributed by atoms with Gasteiger partial charge in [-0.05, 0) is 30.3 Å². The van der Waals surface area contributed by atoms with Gasteiger partial charge in [0.1, 0.15) is 23.1 Å². The Bertz CT molecular complexity index is 1120. The third-order valence-corrected chi connectivity index (χ3v) is 5.90. The Morgan fingerprint density at radius 3 is 2.76 bits per heavy atom. The maximum absolute atomic E-state index is 14.6. The number of piperidine rings is 1. The van der Waals surface area contributed by atoms with E-state index in [1.165, 1.54) is 25.3 Å². The van der Waals surface area contributed by atoms with Crippen molar-refractivity contribution in [1.82, 2.24) is 9.97 Å². The first-order chi connectivity index (χ1) is 15.9. The Labute approximate surface area is 191 Å². The highest BCUT2D eigenvalue weighted by molar-refractivity contribution is 5.70. The maximum atomic E-state index is 14.6. The third kappa shape index (κ3) is 4.74. The molecule has 0 unspecified atom stereocenters. The lowest BCUT2D eigenvalue weighted by molar-refractivity contribution is 0.0785. The van der Waals surface area contributed by atoms with Crippen LogP contribution in [0, 0.1) is 17.6 Å². The molecule has 2 aromatic heterocycles. The zero-order chi connectivity index (χ0) is 23.5. The number of methoxy groups -OCH3 is 1. The van der Waals surface area contributed by atoms with Crippen molar-refractivity contribution in [3.63, 3.8) is 0 Å². The minimum absolute atomic E-state index is 0.0173. The Morgan fingerprint density at radius 1 is 1.18 bits per heavy atom. The molecule has 0 saturated carbocycles. The van der Waals surface area contributed by atoms with E-state index < -0.39 is 17.7 Å². The molecule has 7 nitrogen and oxygen atoms in total. The topological polar surface area (TPSA) is 96.5 Å². The highest BCUT2D eigenvalue weighted by atomic mass is 19.1. The Balaban J connectivity index is 1.58. The molecule has 4 rings (SSSR count). The first kappa shape index (κ1) is 22.9. The number of hydrogen-bond acceptors (Lipinski definition) is 7. The fourth-order valence-corrected chi connectivity index (χ4v) is 4.16. The molecule has 1 saturated heterocycles. The second-order valence-electron chi connectivity index (χ2n) is 8.23. The summed E-state index contributed by atoms with van der Waals surface area (Å²) < 4.78 is 34.3. The second kappa shape index (κ2) is 9.68. The van der Waals surface area contributed by atoms with Crippen molar-refractivity contribution >= 4 is 11.4 Å². The van der Waals surface area contributed by atoms with Crippen molar-refractivity contribution in [1.29, 1.82) is 0 Å². The Morgan fingerprint density at radius 2 is 2.00 bits per heavy atom. The van der Waals surface area contributed by atoms with Gasteiger partial charge in [-0.3, -0.25) is 4.98 Å². The van der Waals surface area contributed by atoms with E-state index in [1.807, 2.05) is 13.0 Å². The smallest absolute Gasteiger partial charge is 0.149 e. The third-order valence-electron chi connectivity index (χ3n) is 5.90. The van der Waals surface area contributed by atoms with E-state index in [9.17, 15) is 13.9 Å². The summed E-state index contributed by atoms with van der Waals surface area (Å²) in [6.07, 6.45) is 2.85. The van der Waals surface area contributed by atoms with Crippen LogP contribution in [0.5, 0.6) is 5.75 Å². The van der Waals surface area contributed by atoms with E-state index in [0.717, 1.165) is 11.4 Å². The predicted octanol–water partition coefficient (Wildman–Crippen LogP) is 3.19. The van der Waals surface area contributed by atoms with Crippen molar-refractivity contribution < 1.29 is 18.6 Å². The van der Waals surface area contributed by atoms with Crippen molar-refractivity contribution in [2.24, 2.45) is 11.7 Å². The van der Waals surface area contributed by atoms with Gasteiger partial charge in [0.25, 0.3) is 0 Å². The van der Waals surface area contributed by atoms with Crippen LogP contribution in [0.3, 0.4) is 0 Å². The molecule has 3 atom stereocenters. The van der Waals surface area contributed by atoms with Gasteiger partial charge in [-0.15, -0.1) is 0 Å². The van der Waals surface area contributed by atoms with Crippen LogP contribution in [0.25, 0.3) is 11.3 Å². The monoisotopic (exact) mass is 455 g/mol. The van der Waals surface area contributed by atoms with Crippen molar-refractivity contribution in [2.45, 2.75) is 25.6 Å². The summed E-state index contributed by atoms with van der Waals surface area (Å²) in [6, 6.07) is 8.64. The summed E-state index contributed by atoms with van der Waals surface area (Å²) >= 11 is 0. The molecule has 33 heavy (non-hydrogen) atoms. The minimum Gasteiger partial charge on any atom is -0.496 e. The summed E-state index contributed by atoms with van der Waals surface area (Å²) in [5.74, 6) is -1.03. The minimum atomic E-state index is -0.640. The molecule has 174 valence electrons. The molecule has 1 aliphatic rings. The van der Waals surface area contributed by atoms with Gasteiger partial charge in [-0.1, -0.05) is 13.0 Å². The lowest BCUT2D eigenvalue weighted by atomic mass is 9.92. The van der Waals surface area contributed by atoms with Crippen LogP contribution in [0.15, 0.2) is 48.8 Å². The van der Waals surface area contributed by atoms with Crippen molar-refractivity contribution in [3.05, 3.63) is 66.1 Å². The van der Waals surface area contributed by atoms with Crippen molar-refractivity contribution in [2.75, 3.05) is 30.4 Å². The normalized spacial score (nSPS) is 20.5. The van der Waals surface area contributed by atoms with E-state index in [2.05, 4.69) is 20.2 Å². The largest absolute Gasteiger partial charge is 0.496 e. The molecule has 1 aliphatic heterocycles. The zero-order valence-corrected chi connectivity index (χ0v) is 18.5. The molecule has 0 aliphatic carbocycles. The molecule has 0 bridgehead atoms. The van der Waals surface area contributed by atoms with E-state index in [1.54, 1.807) is 24.5 Å². The summed E-state index contributed by atoms with van der Waals surface area (Å²) in [5, 5.41) is 13.5. The van der Waals surface area contributed by atoms with E-state index in [-0.39, 0.29) is 35.5 Å². The number of benzene rings is 1. The quantitative estimate of drug-likeness (QED) is 0.525. The van der Waals surface area contributed by atoms with E-state index in [4.69, 9.17) is 10.5 Å². The molecule has 0 amide bonds. The molecule has 1 fully saturated rings. The first-order valence-corrected chi connectivity index (χ1v) is 10.7. The molecule has 0 spiro atoms. The van der Waals surface area contributed by atoms with Crippen molar-refractivity contribution in [3.8, 4) is 17.0 Å². The zero-order valence-electron chi connectivity index (χ0n) is 18.5.